The van der Waals surface area contributed by atoms with E-state index in [9.17, 15) is 0 Å². The molecule has 31 heavy (non-hydrogen) atoms. The van der Waals surface area contributed by atoms with Crippen molar-refractivity contribution >= 4 is 39.6 Å². The first kappa shape index (κ1) is 20.5. The Morgan fingerprint density at radius 2 is 1.84 bits per heavy atom. The first-order valence-corrected chi connectivity index (χ1v) is 12.5. The van der Waals surface area contributed by atoms with Gasteiger partial charge in [0.2, 0.25) is 5.69 Å². The number of rotatable bonds is 6. The molecular weight excluding hydrogens is 394 g/mol. The predicted octanol–water partition coefficient (Wildman–Crippen LogP) is 8.13. The minimum Gasteiger partial charge on any atom is -0.198 e. The zero-order valence-electron chi connectivity index (χ0n) is 18.7. The first-order chi connectivity index (χ1) is 15.2. The molecule has 0 bridgehead atoms. The summed E-state index contributed by atoms with van der Waals surface area (Å²) in [7, 11) is 2.23. The summed E-state index contributed by atoms with van der Waals surface area (Å²) in [6.45, 7) is 2.44. The molecule has 1 aliphatic carbocycles. The molecule has 0 amide bonds. The molecular formula is C29H32NS+. The normalized spacial score (nSPS) is 21.9. The third-order valence-electron chi connectivity index (χ3n) is 7.33. The zero-order chi connectivity index (χ0) is 21.3. The van der Waals surface area contributed by atoms with Crippen molar-refractivity contribution in [2.45, 2.75) is 50.9 Å². The van der Waals surface area contributed by atoms with Gasteiger partial charge < -0.3 is 0 Å². The van der Waals surface area contributed by atoms with Crippen LogP contribution in [-0.2, 0) is 5.41 Å². The summed E-state index contributed by atoms with van der Waals surface area (Å²) in [4.78, 5) is 1.31. The Morgan fingerprint density at radius 3 is 2.65 bits per heavy atom. The minimum atomic E-state index is -0.0368. The molecule has 1 unspecified atom stereocenters. The number of nitrogens with zero attached hydrogens (tertiary/aromatic N) is 1. The van der Waals surface area contributed by atoms with Crippen LogP contribution in [0.2, 0.25) is 0 Å². The Kier molecular flexibility index (Phi) is 5.67. The lowest BCUT2D eigenvalue weighted by Gasteiger charge is -2.22. The largest absolute Gasteiger partial charge is 0.210 e. The number of allylic oxidation sites excluding steroid dienone is 3. The SMILES string of the molecule is C[N+]1=C(/C=C/c2cccs2)C(C)(C/C=C/CC2CCCC2)c2c1ccc1ccccc21. The zero-order valence-corrected chi connectivity index (χ0v) is 19.5. The highest BCUT2D eigenvalue weighted by molar-refractivity contribution is 7.10. The number of fused-ring (bicyclic) bond motifs is 3. The Bertz CT molecular complexity index is 1160. The third-order valence-corrected chi connectivity index (χ3v) is 8.17. The number of hydrogen-bond acceptors (Lipinski definition) is 1. The van der Waals surface area contributed by atoms with Crippen molar-refractivity contribution < 1.29 is 4.58 Å². The molecule has 2 heterocycles. The van der Waals surface area contributed by atoms with E-state index in [4.69, 9.17) is 0 Å². The molecule has 5 rings (SSSR count). The van der Waals surface area contributed by atoms with Crippen LogP contribution in [0.1, 0.15) is 55.9 Å². The molecule has 0 saturated heterocycles. The van der Waals surface area contributed by atoms with Crippen molar-refractivity contribution in [3.05, 3.63) is 82.6 Å². The van der Waals surface area contributed by atoms with E-state index in [0.29, 0.717) is 0 Å². The lowest BCUT2D eigenvalue weighted by Crippen LogP contribution is -2.30. The highest BCUT2D eigenvalue weighted by Crippen LogP contribution is 2.46. The lowest BCUT2D eigenvalue weighted by atomic mass is 9.74. The summed E-state index contributed by atoms with van der Waals surface area (Å²) >= 11 is 1.80. The molecule has 0 N–H and O–H groups in total. The molecule has 1 saturated carbocycles. The van der Waals surface area contributed by atoms with Crippen LogP contribution < -0.4 is 0 Å². The molecule has 1 aliphatic heterocycles. The molecule has 1 atom stereocenters. The third kappa shape index (κ3) is 3.83. The summed E-state index contributed by atoms with van der Waals surface area (Å²) in [6, 6.07) is 17.8. The quantitative estimate of drug-likeness (QED) is 0.276. The monoisotopic (exact) mass is 426 g/mol. The van der Waals surface area contributed by atoms with Gasteiger partial charge in [-0.05, 0) is 60.0 Å². The number of thiophene rings is 1. The van der Waals surface area contributed by atoms with E-state index in [1.165, 1.54) is 64.7 Å². The second-order valence-electron chi connectivity index (χ2n) is 9.37. The van der Waals surface area contributed by atoms with Gasteiger partial charge in [0.05, 0.1) is 5.41 Å². The molecule has 1 aromatic heterocycles. The number of hydrogen-bond donors (Lipinski definition) is 0. The van der Waals surface area contributed by atoms with Crippen molar-refractivity contribution in [2.24, 2.45) is 5.92 Å². The van der Waals surface area contributed by atoms with Crippen molar-refractivity contribution in [3.63, 3.8) is 0 Å². The lowest BCUT2D eigenvalue weighted by molar-refractivity contribution is -0.401. The Hall–Kier alpha value is -2.45. The Morgan fingerprint density at radius 1 is 1.00 bits per heavy atom. The molecule has 2 heteroatoms. The van der Waals surface area contributed by atoms with Gasteiger partial charge in [-0.2, -0.15) is 4.58 Å². The molecule has 1 fully saturated rings. The second-order valence-corrected chi connectivity index (χ2v) is 10.3. The fourth-order valence-corrected chi connectivity index (χ4v) is 6.27. The number of benzene rings is 2. The standard InChI is InChI=1S/C29H32NS/c1-29(20-8-7-12-22-10-3-4-11-22)27(19-17-24-14-9-21-31-24)30(2)26-18-16-23-13-5-6-15-25(23)28(26)29/h5-9,13-19,21-22H,3-4,10-12,20H2,1-2H3/q+1/b8-7+,19-17+. The maximum atomic E-state index is 2.46. The Balaban J connectivity index is 1.54. The topological polar surface area (TPSA) is 3.01 Å². The van der Waals surface area contributed by atoms with E-state index in [1.807, 2.05) is 0 Å². The average Bonchev–Trinajstić information content (AvgIpc) is 3.53. The molecule has 0 radical (unpaired) electrons. The molecule has 2 aromatic carbocycles. The van der Waals surface area contributed by atoms with Crippen LogP contribution >= 0.6 is 11.3 Å². The Labute approximate surface area is 190 Å². The van der Waals surface area contributed by atoms with E-state index in [1.54, 1.807) is 11.3 Å². The first-order valence-electron chi connectivity index (χ1n) is 11.7. The van der Waals surface area contributed by atoms with Crippen molar-refractivity contribution in [1.82, 2.24) is 0 Å². The van der Waals surface area contributed by atoms with E-state index >= 15 is 0 Å². The van der Waals surface area contributed by atoms with Crippen molar-refractivity contribution in [3.8, 4) is 0 Å². The highest BCUT2D eigenvalue weighted by atomic mass is 32.1. The highest BCUT2D eigenvalue weighted by Gasteiger charge is 2.46. The van der Waals surface area contributed by atoms with Gasteiger partial charge in [0.1, 0.15) is 7.05 Å². The van der Waals surface area contributed by atoms with Gasteiger partial charge in [0.15, 0.2) is 5.71 Å². The maximum Gasteiger partial charge on any atom is 0.210 e. The molecule has 0 spiro atoms. The van der Waals surface area contributed by atoms with Gasteiger partial charge in [0, 0.05) is 22.6 Å². The van der Waals surface area contributed by atoms with Crippen LogP contribution in [0, 0.1) is 5.92 Å². The van der Waals surface area contributed by atoms with Crippen LogP contribution in [0.5, 0.6) is 0 Å². The molecule has 2 aliphatic rings. The van der Waals surface area contributed by atoms with Crippen LogP contribution in [0.3, 0.4) is 0 Å². The van der Waals surface area contributed by atoms with Crippen LogP contribution in [-0.4, -0.2) is 17.3 Å². The van der Waals surface area contributed by atoms with E-state index in [2.05, 4.69) is 96.8 Å². The second kappa shape index (κ2) is 8.59. The van der Waals surface area contributed by atoms with E-state index in [-0.39, 0.29) is 5.41 Å². The molecule has 158 valence electrons. The van der Waals surface area contributed by atoms with Gasteiger partial charge in [-0.1, -0.05) is 68.2 Å². The van der Waals surface area contributed by atoms with Crippen LogP contribution in [0.4, 0.5) is 5.69 Å². The minimum absolute atomic E-state index is 0.0368. The summed E-state index contributed by atoms with van der Waals surface area (Å²) in [6.07, 6.45) is 17.5. The summed E-state index contributed by atoms with van der Waals surface area (Å²) < 4.78 is 2.41. The fraction of sp³-hybridized carbons (Fsp3) is 0.345. The summed E-state index contributed by atoms with van der Waals surface area (Å²) in [5, 5.41) is 4.87. The average molecular weight is 427 g/mol. The van der Waals surface area contributed by atoms with Gasteiger partial charge in [-0.3, -0.25) is 0 Å². The smallest absolute Gasteiger partial charge is 0.198 e. The van der Waals surface area contributed by atoms with Crippen molar-refractivity contribution in [1.29, 1.82) is 0 Å². The van der Waals surface area contributed by atoms with Crippen molar-refractivity contribution in [2.75, 3.05) is 7.05 Å². The summed E-state index contributed by atoms with van der Waals surface area (Å²) in [5.41, 5.74) is 4.17. The van der Waals surface area contributed by atoms with Gasteiger partial charge in [0.25, 0.3) is 0 Å². The molecule has 3 aromatic rings. The maximum absolute atomic E-state index is 2.46. The molecule has 1 nitrogen and oxygen atoms in total. The van der Waals surface area contributed by atoms with Crippen LogP contribution in [0.25, 0.3) is 16.8 Å². The van der Waals surface area contributed by atoms with Gasteiger partial charge in [-0.25, -0.2) is 0 Å². The summed E-state index contributed by atoms with van der Waals surface area (Å²) in [5.74, 6) is 0.908. The van der Waals surface area contributed by atoms with E-state index in [0.717, 1.165) is 12.3 Å². The van der Waals surface area contributed by atoms with E-state index < -0.39 is 0 Å². The predicted molar refractivity (Wildman–Crippen MR) is 136 cm³/mol. The fourth-order valence-electron chi connectivity index (χ4n) is 5.65. The van der Waals surface area contributed by atoms with Gasteiger partial charge in [-0.15, -0.1) is 11.3 Å². The van der Waals surface area contributed by atoms with Gasteiger partial charge >= 0.3 is 0 Å². The van der Waals surface area contributed by atoms with Crippen LogP contribution in [0.15, 0.2) is 72.1 Å².